The summed E-state index contributed by atoms with van der Waals surface area (Å²) in [5.41, 5.74) is 8.32. The Morgan fingerprint density at radius 2 is 1.80 bits per heavy atom. The number of amidine groups is 1. The number of ketones is 1. The van der Waals surface area contributed by atoms with E-state index in [-0.39, 0.29) is 11.6 Å². The van der Waals surface area contributed by atoms with Crippen LogP contribution in [0.1, 0.15) is 93.5 Å². The third-order valence-electron chi connectivity index (χ3n) is 9.83. The molecule has 214 valence electrons. The number of ether oxygens (including phenoxy) is 1. The van der Waals surface area contributed by atoms with E-state index in [0.29, 0.717) is 43.5 Å². The van der Waals surface area contributed by atoms with Crippen molar-refractivity contribution in [2.24, 2.45) is 16.1 Å². The summed E-state index contributed by atoms with van der Waals surface area (Å²) in [7, 11) is -3.72. The van der Waals surface area contributed by atoms with Gasteiger partial charge in [-0.05, 0) is 89.6 Å². The number of Topliss-reactive ketones (excluding diaryl/α,β-unsaturated/α-hetero) is 1. The van der Waals surface area contributed by atoms with Crippen molar-refractivity contribution in [1.29, 1.82) is 0 Å². The van der Waals surface area contributed by atoms with Gasteiger partial charge < -0.3 is 10.5 Å². The van der Waals surface area contributed by atoms with Crippen LogP contribution in [-0.2, 0) is 28.2 Å². The van der Waals surface area contributed by atoms with Gasteiger partial charge in [0, 0.05) is 30.0 Å². The molecule has 3 aliphatic rings. The molecule has 0 radical (unpaired) electrons. The van der Waals surface area contributed by atoms with Crippen LogP contribution in [-0.4, -0.2) is 40.1 Å². The molecule has 7 nitrogen and oxygen atoms in total. The van der Waals surface area contributed by atoms with Crippen molar-refractivity contribution in [3.05, 3.63) is 71.1 Å². The van der Waals surface area contributed by atoms with Crippen molar-refractivity contribution in [2.45, 2.75) is 101 Å². The Morgan fingerprint density at radius 1 is 1.10 bits per heavy atom. The summed E-state index contributed by atoms with van der Waals surface area (Å²) < 4.78 is 32.7. The molecule has 3 unspecified atom stereocenters. The number of aromatic nitrogens is 1. The third kappa shape index (κ3) is 3.81. The fraction of sp³-hybridized carbons (Fsp3) is 0.531. The minimum absolute atomic E-state index is 0.0178. The smallest absolute Gasteiger partial charge is 0.181 e. The highest BCUT2D eigenvalue weighted by Crippen LogP contribution is 2.76. The topological polar surface area (TPSA) is 112 Å². The second kappa shape index (κ2) is 8.75. The number of pyridine rings is 1. The summed E-state index contributed by atoms with van der Waals surface area (Å²) in [5.74, 6) is 0.777. The molecule has 2 aliphatic heterocycles. The van der Waals surface area contributed by atoms with Gasteiger partial charge in [-0.1, -0.05) is 25.1 Å². The first kappa shape index (κ1) is 28.5. The first-order valence-electron chi connectivity index (χ1n) is 14.0. The molecule has 0 spiro atoms. The summed E-state index contributed by atoms with van der Waals surface area (Å²) in [4.78, 5) is 22.6. The summed E-state index contributed by atoms with van der Waals surface area (Å²) in [5, 5.41) is 0. The van der Waals surface area contributed by atoms with Gasteiger partial charge in [-0.25, -0.2) is 8.42 Å². The van der Waals surface area contributed by atoms with Crippen molar-refractivity contribution >= 4 is 21.5 Å². The lowest BCUT2D eigenvalue weighted by molar-refractivity contribution is 0.0736. The SMILES string of the molecule is C=CCc1cnc(C(=O)CCc2ccc3c(c2)C2(C)N=C(N)C(C)(C)S(=O)(=O)C4(CC(C)(C)O3)CC24C)c(C)c1. The minimum Gasteiger partial charge on any atom is -0.487 e. The molecule has 8 heteroatoms. The number of allylic oxidation sites excluding steroid dienone is 1. The molecule has 2 bridgehead atoms. The number of fused-ring (bicyclic) bond motifs is 2. The van der Waals surface area contributed by atoms with Crippen LogP contribution in [0.4, 0.5) is 0 Å². The van der Waals surface area contributed by atoms with Gasteiger partial charge in [0.05, 0.1) is 10.3 Å². The number of rotatable bonds is 6. The van der Waals surface area contributed by atoms with Crippen LogP contribution in [0.25, 0.3) is 0 Å². The molecular weight excluding hydrogens is 522 g/mol. The maximum Gasteiger partial charge on any atom is 0.181 e. The second-order valence-corrected chi connectivity index (χ2v) is 16.2. The minimum atomic E-state index is -3.72. The molecule has 3 atom stereocenters. The molecule has 1 fully saturated rings. The van der Waals surface area contributed by atoms with Gasteiger partial charge in [-0.3, -0.25) is 14.8 Å². The summed E-state index contributed by atoms with van der Waals surface area (Å²) in [6.45, 7) is 16.9. The molecule has 1 saturated carbocycles. The molecular formula is C32H41N3O4S. The van der Waals surface area contributed by atoms with E-state index >= 15 is 0 Å². The standard InChI is InChI=1S/C32H41N3O4S/c1-9-10-22-15-20(2)26(34-17-22)24(36)13-11-21-12-14-25-23(16-21)31(8)30(7)19-32(30,18-28(3,4)39-25)40(37,38)29(5,6)27(33)35-31/h9,12,14-17H,1,10-11,13,18-19H2,2-8H3,(H2,33,35). The van der Waals surface area contributed by atoms with Gasteiger partial charge >= 0.3 is 0 Å². The Kier molecular flexibility index (Phi) is 6.24. The van der Waals surface area contributed by atoms with E-state index in [1.54, 1.807) is 20.0 Å². The fourth-order valence-corrected chi connectivity index (χ4v) is 10.3. The van der Waals surface area contributed by atoms with Gasteiger partial charge in [0.15, 0.2) is 15.6 Å². The van der Waals surface area contributed by atoms with Crippen molar-refractivity contribution in [3.63, 3.8) is 0 Å². The summed E-state index contributed by atoms with van der Waals surface area (Å²) >= 11 is 0. The molecule has 40 heavy (non-hydrogen) atoms. The number of carbonyl (C=O) groups excluding carboxylic acids is 1. The number of nitrogens with zero attached hydrogens (tertiary/aromatic N) is 2. The molecule has 0 saturated heterocycles. The number of hydrogen-bond donors (Lipinski definition) is 1. The van der Waals surface area contributed by atoms with Crippen molar-refractivity contribution in [2.75, 3.05) is 0 Å². The molecule has 3 heterocycles. The average Bonchev–Trinajstić information content (AvgIpc) is 3.48. The lowest BCUT2D eigenvalue weighted by Crippen LogP contribution is -2.53. The van der Waals surface area contributed by atoms with E-state index in [0.717, 1.165) is 22.3 Å². The Hall–Kier alpha value is -3.00. The number of aryl methyl sites for hydroxylation is 2. The van der Waals surface area contributed by atoms with Crippen LogP contribution >= 0.6 is 0 Å². The number of aliphatic imine (C=N–C) groups is 1. The third-order valence-corrected chi connectivity index (χ3v) is 13.1. The average molecular weight is 564 g/mol. The van der Waals surface area contributed by atoms with E-state index in [4.69, 9.17) is 15.5 Å². The summed E-state index contributed by atoms with van der Waals surface area (Å²) in [6.07, 6.45) is 5.91. The van der Waals surface area contributed by atoms with Gasteiger partial charge in [0.1, 0.15) is 27.6 Å². The van der Waals surface area contributed by atoms with Gasteiger partial charge in [-0.2, -0.15) is 0 Å². The quantitative estimate of drug-likeness (QED) is 0.371. The Morgan fingerprint density at radius 3 is 2.45 bits per heavy atom. The zero-order valence-electron chi connectivity index (χ0n) is 24.7. The number of benzene rings is 1. The van der Waals surface area contributed by atoms with E-state index in [9.17, 15) is 13.2 Å². The molecule has 0 amide bonds. The molecule has 5 rings (SSSR count). The van der Waals surface area contributed by atoms with Crippen molar-refractivity contribution in [3.8, 4) is 5.75 Å². The lowest BCUT2D eigenvalue weighted by Gasteiger charge is -2.43. The van der Waals surface area contributed by atoms with Crippen LogP contribution in [0.2, 0.25) is 0 Å². The first-order valence-corrected chi connectivity index (χ1v) is 15.5. The molecule has 1 aromatic heterocycles. The van der Waals surface area contributed by atoms with E-state index in [1.165, 1.54) is 0 Å². The zero-order valence-corrected chi connectivity index (χ0v) is 25.5. The molecule has 1 aromatic carbocycles. The van der Waals surface area contributed by atoms with E-state index in [2.05, 4.69) is 11.6 Å². The highest BCUT2D eigenvalue weighted by molar-refractivity contribution is 7.95. The zero-order chi connectivity index (χ0) is 29.5. The van der Waals surface area contributed by atoms with Crippen LogP contribution in [0.5, 0.6) is 5.75 Å². The van der Waals surface area contributed by atoms with Crippen LogP contribution in [0, 0.1) is 12.3 Å². The Labute approximate surface area is 238 Å². The van der Waals surface area contributed by atoms with Gasteiger partial charge in [0.25, 0.3) is 0 Å². The Balaban J connectivity index is 1.56. The predicted molar refractivity (Wildman–Crippen MR) is 159 cm³/mol. The maximum absolute atomic E-state index is 14.3. The first-order chi connectivity index (χ1) is 18.4. The number of hydrogen-bond acceptors (Lipinski definition) is 7. The van der Waals surface area contributed by atoms with Crippen LogP contribution in [0.3, 0.4) is 0 Å². The van der Waals surface area contributed by atoms with Crippen molar-refractivity contribution in [1.82, 2.24) is 4.98 Å². The number of carbonyl (C=O) groups is 1. The molecule has 2 N–H and O–H groups in total. The monoisotopic (exact) mass is 563 g/mol. The molecule has 1 aliphatic carbocycles. The Bertz CT molecular complexity index is 1570. The summed E-state index contributed by atoms with van der Waals surface area (Å²) in [6, 6.07) is 7.94. The second-order valence-electron chi connectivity index (χ2n) is 13.4. The van der Waals surface area contributed by atoms with E-state index in [1.807, 2.05) is 65.0 Å². The normalized spacial score (nSPS) is 30.7. The van der Waals surface area contributed by atoms with Crippen LogP contribution in [0.15, 0.2) is 48.1 Å². The fourth-order valence-electron chi connectivity index (χ4n) is 7.17. The van der Waals surface area contributed by atoms with Gasteiger partial charge in [-0.15, -0.1) is 6.58 Å². The predicted octanol–water partition coefficient (Wildman–Crippen LogP) is 5.42. The van der Waals surface area contributed by atoms with Crippen molar-refractivity contribution < 1.29 is 17.9 Å². The van der Waals surface area contributed by atoms with Crippen LogP contribution < -0.4 is 10.5 Å². The lowest BCUT2D eigenvalue weighted by atomic mass is 9.73. The van der Waals surface area contributed by atoms with E-state index < -0.39 is 35.9 Å². The number of nitrogens with two attached hydrogens (primary N) is 1. The maximum atomic E-state index is 14.3. The highest BCUT2D eigenvalue weighted by Gasteiger charge is 2.83. The number of sulfone groups is 1. The highest BCUT2D eigenvalue weighted by atomic mass is 32.2. The van der Waals surface area contributed by atoms with Gasteiger partial charge in [0.2, 0.25) is 0 Å². The molecule has 2 aromatic rings. The largest absolute Gasteiger partial charge is 0.487 e.